The van der Waals surface area contributed by atoms with Crippen molar-refractivity contribution in [3.8, 4) is 11.5 Å². The van der Waals surface area contributed by atoms with Crippen LogP contribution in [0.4, 0.5) is 11.4 Å². The summed E-state index contributed by atoms with van der Waals surface area (Å²) >= 11 is 0. The summed E-state index contributed by atoms with van der Waals surface area (Å²) in [6.45, 7) is 2.07. The molecule has 0 spiro atoms. The normalized spacial score (nSPS) is 16.8. The number of rotatable bonds is 5. The number of methoxy groups -OCH3 is 2. The van der Waals surface area contributed by atoms with E-state index < -0.39 is 9.84 Å². The number of ether oxygens (including phenoxy) is 2. The highest BCUT2D eigenvalue weighted by Gasteiger charge is 2.25. The number of nitrogens with zero attached hydrogens (tertiary/aromatic N) is 2. The average Bonchev–Trinajstić information content (AvgIpc) is 3.02. The minimum absolute atomic E-state index is 0.0252. The van der Waals surface area contributed by atoms with Gasteiger partial charge in [-0.05, 0) is 43.3 Å². The van der Waals surface area contributed by atoms with Crippen LogP contribution in [0.3, 0.4) is 0 Å². The van der Waals surface area contributed by atoms with E-state index in [0.717, 1.165) is 11.4 Å². The quantitative estimate of drug-likeness (QED) is 0.801. The fraction of sp³-hybridized carbons (Fsp3) is 0.263. The second kappa shape index (κ2) is 6.92. The topological polar surface area (TPSA) is 59.1 Å². The van der Waals surface area contributed by atoms with E-state index in [4.69, 9.17) is 9.47 Å². The summed E-state index contributed by atoms with van der Waals surface area (Å²) in [6, 6.07) is 12.7. The summed E-state index contributed by atoms with van der Waals surface area (Å²) in [7, 11) is 0.0231. The molecule has 0 aliphatic carbocycles. The van der Waals surface area contributed by atoms with Crippen molar-refractivity contribution in [2.75, 3.05) is 30.3 Å². The number of anilines is 2. The van der Waals surface area contributed by atoms with Crippen LogP contribution in [-0.2, 0) is 9.84 Å². The molecular formula is C19H22N2O4S. The molecule has 0 radical (unpaired) electrons. The molecule has 0 amide bonds. The highest BCUT2D eigenvalue weighted by atomic mass is 32.2. The van der Waals surface area contributed by atoms with E-state index in [-0.39, 0.29) is 6.17 Å². The fourth-order valence-electron chi connectivity index (χ4n) is 2.98. The van der Waals surface area contributed by atoms with Gasteiger partial charge in [-0.15, -0.1) is 0 Å². The largest absolute Gasteiger partial charge is 0.493 e. The van der Waals surface area contributed by atoms with Crippen molar-refractivity contribution in [1.29, 1.82) is 0 Å². The summed E-state index contributed by atoms with van der Waals surface area (Å²) in [6.07, 6.45) is 5.18. The molecule has 2 aromatic rings. The molecule has 0 bridgehead atoms. The molecular weight excluding hydrogens is 352 g/mol. The van der Waals surface area contributed by atoms with Crippen LogP contribution in [0.2, 0.25) is 0 Å². The molecule has 1 unspecified atom stereocenters. The van der Waals surface area contributed by atoms with Crippen LogP contribution < -0.4 is 19.3 Å². The number of benzene rings is 2. The van der Waals surface area contributed by atoms with E-state index in [1.54, 1.807) is 26.4 Å². The summed E-state index contributed by atoms with van der Waals surface area (Å²) in [4.78, 5) is 4.49. The molecule has 0 aromatic heterocycles. The first-order valence-corrected chi connectivity index (χ1v) is 10.0. The van der Waals surface area contributed by atoms with E-state index in [1.807, 2.05) is 42.7 Å². The summed E-state index contributed by atoms with van der Waals surface area (Å²) in [5, 5.41) is 0. The third-order valence-electron chi connectivity index (χ3n) is 4.42. The molecule has 1 aliphatic rings. The van der Waals surface area contributed by atoms with Gasteiger partial charge < -0.3 is 19.3 Å². The van der Waals surface area contributed by atoms with Gasteiger partial charge in [-0.25, -0.2) is 8.42 Å². The maximum Gasteiger partial charge on any atom is 0.175 e. The monoisotopic (exact) mass is 374 g/mol. The molecule has 2 aromatic carbocycles. The molecule has 7 heteroatoms. The zero-order valence-corrected chi connectivity index (χ0v) is 16.0. The Hall–Kier alpha value is -2.67. The summed E-state index contributed by atoms with van der Waals surface area (Å²) in [5.74, 6) is 1.35. The Morgan fingerprint density at radius 2 is 1.38 bits per heavy atom. The van der Waals surface area contributed by atoms with Crippen LogP contribution in [0.15, 0.2) is 59.8 Å². The van der Waals surface area contributed by atoms with Crippen LogP contribution in [-0.4, -0.2) is 35.1 Å². The van der Waals surface area contributed by atoms with Gasteiger partial charge in [-0.1, -0.05) is 0 Å². The summed E-state index contributed by atoms with van der Waals surface area (Å²) < 4.78 is 33.9. The van der Waals surface area contributed by atoms with Crippen LogP contribution in [0.5, 0.6) is 11.5 Å². The lowest BCUT2D eigenvalue weighted by Crippen LogP contribution is -2.35. The van der Waals surface area contributed by atoms with Gasteiger partial charge in [0.2, 0.25) is 0 Å². The van der Waals surface area contributed by atoms with Gasteiger partial charge in [-0.3, -0.25) is 0 Å². The van der Waals surface area contributed by atoms with E-state index in [2.05, 4.69) is 16.7 Å². The van der Waals surface area contributed by atoms with E-state index in [0.29, 0.717) is 16.4 Å². The first-order chi connectivity index (χ1) is 12.3. The van der Waals surface area contributed by atoms with Crippen LogP contribution in [0, 0.1) is 0 Å². The first kappa shape index (κ1) is 18.1. The molecule has 0 saturated carbocycles. The van der Waals surface area contributed by atoms with E-state index >= 15 is 0 Å². The Labute approximate surface area is 154 Å². The average molecular weight is 374 g/mol. The Balaban J connectivity index is 1.84. The lowest BCUT2D eigenvalue weighted by Gasteiger charge is -2.30. The maximum absolute atomic E-state index is 11.6. The number of sulfone groups is 1. The molecule has 26 heavy (non-hydrogen) atoms. The van der Waals surface area contributed by atoms with Gasteiger partial charge in [0.1, 0.15) is 6.17 Å². The van der Waals surface area contributed by atoms with Crippen molar-refractivity contribution in [2.45, 2.75) is 18.0 Å². The van der Waals surface area contributed by atoms with Crippen molar-refractivity contribution < 1.29 is 17.9 Å². The van der Waals surface area contributed by atoms with Crippen LogP contribution >= 0.6 is 0 Å². The van der Waals surface area contributed by atoms with Gasteiger partial charge in [0.25, 0.3) is 0 Å². The van der Waals surface area contributed by atoms with Gasteiger partial charge in [0.05, 0.1) is 19.1 Å². The van der Waals surface area contributed by atoms with Crippen molar-refractivity contribution in [3.63, 3.8) is 0 Å². The maximum atomic E-state index is 11.6. The predicted octanol–water partition coefficient (Wildman–Crippen LogP) is 3.25. The molecule has 138 valence electrons. The van der Waals surface area contributed by atoms with Crippen molar-refractivity contribution in [2.24, 2.45) is 0 Å². The lowest BCUT2D eigenvalue weighted by atomic mass is 10.2. The Morgan fingerprint density at radius 3 is 1.92 bits per heavy atom. The highest BCUT2D eigenvalue weighted by Crippen LogP contribution is 2.35. The molecule has 1 heterocycles. The van der Waals surface area contributed by atoms with Gasteiger partial charge in [0.15, 0.2) is 21.3 Å². The van der Waals surface area contributed by atoms with E-state index in [1.165, 1.54) is 6.26 Å². The van der Waals surface area contributed by atoms with E-state index in [9.17, 15) is 8.42 Å². The minimum Gasteiger partial charge on any atom is -0.493 e. The van der Waals surface area contributed by atoms with Gasteiger partial charge in [0, 0.05) is 36.1 Å². The zero-order chi connectivity index (χ0) is 18.9. The number of hydrogen-bond acceptors (Lipinski definition) is 6. The molecule has 0 fully saturated rings. The standard InChI is InChI=1S/C19H22N2O4S/c1-14-20(15-5-8-17(9-6-15)26(4,22)23)11-12-21(14)16-7-10-18(24-2)19(13-16)25-3/h5-14H,1-4H3. The first-order valence-electron chi connectivity index (χ1n) is 8.12. The Morgan fingerprint density at radius 1 is 0.846 bits per heavy atom. The fourth-order valence-corrected chi connectivity index (χ4v) is 3.61. The molecule has 6 nitrogen and oxygen atoms in total. The second-order valence-electron chi connectivity index (χ2n) is 6.05. The predicted molar refractivity (Wildman–Crippen MR) is 103 cm³/mol. The SMILES string of the molecule is COc1ccc(N2C=CN(c3ccc(S(C)(=O)=O)cc3)C2C)cc1OC. The second-order valence-corrected chi connectivity index (χ2v) is 8.07. The molecule has 3 rings (SSSR count). The highest BCUT2D eigenvalue weighted by molar-refractivity contribution is 7.90. The van der Waals surface area contributed by atoms with Crippen molar-refractivity contribution >= 4 is 21.2 Å². The molecule has 0 saturated heterocycles. The van der Waals surface area contributed by atoms with Crippen LogP contribution in [0.1, 0.15) is 6.92 Å². The molecule has 1 atom stereocenters. The van der Waals surface area contributed by atoms with Crippen molar-refractivity contribution in [1.82, 2.24) is 0 Å². The van der Waals surface area contributed by atoms with Crippen LogP contribution in [0.25, 0.3) is 0 Å². The Kier molecular flexibility index (Phi) is 4.82. The van der Waals surface area contributed by atoms with Gasteiger partial charge >= 0.3 is 0 Å². The molecule has 0 N–H and O–H groups in total. The summed E-state index contributed by atoms with van der Waals surface area (Å²) in [5.41, 5.74) is 1.89. The Bertz CT molecular complexity index is 923. The van der Waals surface area contributed by atoms with Crippen molar-refractivity contribution in [3.05, 3.63) is 54.9 Å². The number of hydrogen-bond donors (Lipinski definition) is 0. The third-order valence-corrected chi connectivity index (χ3v) is 5.55. The zero-order valence-electron chi connectivity index (χ0n) is 15.2. The van der Waals surface area contributed by atoms with Gasteiger partial charge in [-0.2, -0.15) is 0 Å². The molecule has 1 aliphatic heterocycles. The smallest absolute Gasteiger partial charge is 0.175 e. The minimum atomic E-state index is -3.20. The lowest BCUT2D eigenvalue weighted by molar-refractivity contribution is 0.355. The third kappa shape index (κ3) is 3.35.